The molecule has 0 saturated carbocycles. The first-order valence-corrected chi connectivity index (χ1v) is 15.2. The molecule has 0 aromatic heterocycles. The monoisotopic (exact) mass is 531 g/mol. The fourth-order valence-corrected chi connectivity index (χ4v) is 5.99. The molecule has 2 aromatic rings. The first kappa shape index (κ1) is 28.4. The highest BCUT2D eigenvalue weighted by atomic mass is 32.2. The first-order chi connectivity index (χ1) is 16.7. The highest BCUT2D eigenvalue weighted by Crippen LogP contribution is 2.34. The molecule has 0 bridgehead atoms. The van der Waals surface area contributed by atoms with E-state index in [1.807, 2.05) is 44.4 Å². The molecule has 3 rings (SSSR count). The van der Waals surface area contributed by atoms with Gasteiger partial charge in [-0.1, -0.05) is 24.3 Å². The SMILES string of the molecule is CSc1ccc(C(=O)[C@@H]2CN(S(C)(=O)=O)C[C@H]2CCc2cc(C)c(OC(C)(C)C(C)=O)c(C)c2)cc1. The van der Waals surface area contributed by atoms with E-state index in [1.165, 1.54) is 17.5 Å². The lowest BCUT2D eigenvalue weighted by molar-refractivity contribution is -0.129. The number of hydrogen-bond acceptors (Lipinski definition) is 6. The average Bonchev–Trinajstić information content (AvgIpc) is 3.24. The second-order valence-corrected chi connectivity index (χ2v) is 13.2. The number of benzene rings is 2. The highest BCUT2D eigenvalue weighted by molar-refractivity contribution is 7.98. The number of hydrogen-bond donors (Lipinski definition) is 0. The van der Waals surface area contributed by atoms with Crippen molar-refractivity contribution < 1.29 is 22.7 Å². The molecule has 36 heavy (non-hydrogen) atoms. The number of carbonyl (C=O) groups excluding carboxylic acids is 2. The normalized spacial score (nSPS) is 18.9. The van der Waals surface area contributed by atoms with Crippen molar-refractivity contribution in [3.05, 3.63) is 58.7 Å². The molecule has 0 spiro atoms. The third-order valence-corrected chi connectivity index (χ3v) is 9.10. The summed E-state index contributed by atoms with van der Waals surface area (Å²) in [6.07, 6.45) is 4.61. The maximum absolute atomic E-state index is 13.4. The van der Waals surface area contributed by atoms with Crippen LogP contribution in [0.5, 0.6) is 5.75 Å². The third-order valence-electron chi connectivity index (χ3n) is 7.12. The van der Waals surface area contributed by atoms with Crippen molar-refractivity contribution in [3.63, 3.8) is 0 Å². The van der Waals surface area contributed by atoms with E-state index in [9.17, 15) is 18.0 Å². The standard InChI is InChI=1S/C28H37NO5S2/c1-18-14-21(15-19(2)27(18)34-28(4,5)20(3)30)8-9-23-16-29(36(7,32)33)17-25(23)26(31)22-10-12-24(35-6)13-11-22/h10-15,23,25H,8-9,16-17H2,1-7H3/t23-,25-/m1/s1. The molecule has 196 valence electrons. The van der Waals surface area contributed by atoms with E-state index in [0.717, 1.165) is 28.0 Å². The van der Waals surface area contributed by atoms with Gasteiger partial charge in [-0.2, -0.15) is 0 Å². The van der Waals surface area contributed by atoms with Gasteiger partial charge in [0, 0.05) is 29.5 Å². The molecule has 0 radical (unpaired) electrons. The van der Waals surface area contributed by atoms with Crippen LogP contribution in [0.1, 0.15) is 54.2 Å². The Labute approximate surface area is 219 Å². The summed E-state index contributed by atoms with van der Waals surface area (Å²) in [6.45, 7) is 9.56. The summed E-state index contributed by atoms with van der Waals surface area (Å²) < 4.78 is 32.1. The fourth-order valence-electron chi connectivity index (χ4n) is 4.69. The number of sulfonamides is 1. The van der Waals surface area contributed by atoms with E-state index < -0.39 is 15.6 Å². The van der Waals surface area contributed by atoms with Crippen LogP contribution in [0, 0.1) is 25.7 Å². The zero-order valence-electron chi connectivity index (χ0n) is 22.3. The van der Waals surface area contributed by atoms with Gasteiger partial charge < -0.3 is 4.74 Å². The fraction of sp³-hybridized carbons (Fsp3) is 0.500. The van der Waals surface area contributed by atoms with Crippen LogP contribution in [0.2, 0.25) is 0 Å². The van der Waals surface area contributed by atoms with Crippen LogP contribution in [-0.4, -0.2) is 55.5 Å². The molecule has 1 heterocycles. The summed E-state index contributed by atoms with van der Waals surface area (Å²) in [5.74, 6) is 0.230. The number of Topliss-reactive ketones (excluding diaryl/α,β-unsaturated/α-hetero) is 2. The predicted octanol–water partition coefficient (Wildman–Crippen LogP) is 5.09. The van der Waals surface area contributed by atoms with Crippen molar-refractivity contribution in [3.8, 4) is 5.75 Å². The lowest BCUT2D eigenvalue weighted by Crippen LogP contribution is -2.36. The van der Waals surface area contributed by atoms with E-state index >= 15 is 0 Å². The van der Waals surface area contributed by atoms with Crippen LogP contribution < -0.4 is 4.74 Å². The molecule has 0 aliphatic carbocycles. The molecule has 1 aliphatic heterocycles. The van der Waals surface area contributed by atoms with Crippen molar-refractivity contribution >= 4 is 33.4 Å². The summed E-state index contributed by atoms with van der Waals surface area (Å²) in [6, 6.07) is 11.6. The molecular formula is C28H37NO5S2. The van der Waals surface area contributed by atoms with Crippen molar-refractivity contribution in [1.29, 1.82) is 0 Å². The average molecular weight is 532 g/mol. The van der Waals surface area contributed by atoms with Crippen LogP contribution in [0.3, 0.4) is 0 Å². The molecule has 8 heteroatoms. The van der Waals surface area contributed by atoms with Crippen LogP contribution in [0.15, 0.2) is 41.3 Å². The third kappa shape index (κ3) is 6.58. The van der Waals surface area contributed by atoms with E-state index in [0.29, 0.717) is 24.3 Å². The minimum atomic E-state index is -3.39. The number of ether oxygens (including phenoxy) is 1. The van der Waals surface area contributed by atoms with Crippen molar-refractivity contribution in [2.45, 2.75) is 58.0 Å². The zero-order chi connectivity index (χ0) is 26.8. The Hall–Kier alpha value is -2.16. The van der Waals surface area contributed by atoms with Crippen molar-refractivity contribution in [2.75, 3.05) is 25.6 Å². The number of thioether (sulfide) groups is 1. The number of ketones is 2. The van der Waals surface area contributed by atoms with Crippen LogP contribution in [0.4, 0.5) is 0 Å². The van der Waals surface area contributed by atoms with Crippen LogP contribution in [0.25, 0.3) is 0 Å². The predicted molar refractivity (Wildman–Crippen MR) is 146 cm³/mol. The zero-order valence-corrected chi connectivity index (χ0v) is 23.9. The lowest BCUT2D eigenvalue weighted by atomic mass is 9.84. The van der Waals surface area contributed by atoms with Crippen LogP contribution in [-0.2, 0) is 21.2 Å². The van der Waals surface area contributed by atoms with E-state index in [1.54, 1.807) is 25.6 Å². The Morgan fingerprint density at radius 1 is 1.08 bits per heavy atom. The van der Waals surface area contributed by atoms with Gasteiger partial charge in [-0.3, -0.25) is 9.59 Å². The Morgan fingerprint density at radius 2 is 1.67 bits per heavy atom. The Morgan fingerprint density at radius 3 is 2.17 bits per heavy atom. The quantitative estimate of drug-likeness (QED) is 0.314. The molecule has 1 fully saturated rings. The molecule has 2 aromatic carbocycles. The number of carbonyl (C=O) groups is 2. The summed E-state index contributed by atoms with van der Waals surface area (Å²) >= 11 is 1.61. The molecule has 0 unspecified atom stereocenters. The van der Waals surface area contributed by atoms with Gasteiger partial charge in [0.05, 0.1) is 6.26 Å². The van der Waals surface area contributed by atoms with E-state index in [2.05, 4.69) is 12.1 Å². The van der Waals surface area contributed by atoms with Crippen molar-refractivity contribution in [2.24, 2.45) is 11.8 Å². The van der Waals surface area contributed by atoms with Crippen LogP contribution >= 0.6 is 11.8 Å². The minimum Gasteiger partial charge on any atom is -0.480 e. The van der Waals surface area contributed by atoms with E-state index in [4.69, 9.17) is 4.74 Å². The number of nitrogens with zero attached hydrogens (tertiary/aromatic N) is 1. The summed E-state index contributed by atoms with van der Waals surface area (Å²) in [5, 5.41) is 0. The maximum atomic E-state index is 13.4. The topological polar surface area (TPSA) is 80.8 Å². The molecule has 2 atom stereocenters. The van der Waals surface area contributed by atoms with Gasteiger partial charge >= 0.3 is 0 Å². The number of rotatable bonds is 10. The summed E-state index contributed by atoms with van der Waals surface area (Å²) in [5.41, 5.74) is 2.72. The highest BCUT2D eigenvalue weighted by Gasteiger charge is 2.40. The largest absolute Gasteiger partial charge is 0.480 e. The van der Waals surface area contributed by atoms with Gasteiger partial charge in [-0.25, -0.2) is 12.7 Å². The smallest absolute Gasteiger partial charge is 0.211 e. The maximum Gasteiger partial charge on any atom is 0.211 e. The molecule has 0 amide bonds. The Kier molecular flexibility index (Phi) is 8.74. The Bertz CT molecular complexity index is 1210. The second-order valence-electron chi connectivity index (χ2n) is 10.3. The molecule has 0 N–H and O–H groups in total. The molecular weight excluding hydrogens is 494 g/mol. The van der Waals surface area contributed by atoms with Gasteiger partial charge in [0.25, 0.3) is 0 Å². The van der Waals surface area contributed by atoms with Gasteiger partial charge in [0.1, 0.15) is 5.75 Å². The van der Waals surface area contributed by atoms with E-state index in [-0.39, 0.29) is 29.9 Å². The Balaban J connectivity index is 1.79. The van der Waals surface area contributed by atoms with Gasteiger partial charge in [0.15, 0.2) is 17.2 Å². The van der Waals surface area contributed by atoms with Gasteiger partial charge in [-0.05, 0) is 88.5 Å². The lowest BCUT2D eigenvalue weighted by Gasteiger charge is -2.26. The summed E-state index contributed by atoms with van der Waals surface area (Å²) in [7, 11) is -3.39. The van der Waals surface area contributed by atoms with Gasteiger partial charge in [-0.15, -0.1) is 11.8 Å². The van der Waals surface area contributed by atoms with Crippen molar-refractivity contribution in [1.82, 2.24) is 4.31 Å². The molecule has 1 aliphatic rings. The molecule has 1 saturated heterocycles. The van der Waals surface area contributed by atoms with Gasteiger partial charge in [0.2, 0.25) is 10.0 Å². The number of aryl methyl sites for hydroxylation is 3. The minimum absolute atomic E-state index is 0.00127. The molecule has 6 nitrogen and oxygen atoms in total. The summed E-state index contributed by atoms with van der Waals surface area (Å²) in [4.78, 5) is 26.4. The first-order valence-electron chi connectivity index (χ1n) is 12.2. The second kappa shape index (κ2) is 11.1.